The summed E-state index contributed by atoms with van der Waals surface area (Å²) >= 11 is 0. The van der Waals surface area contributed by atoms with Crippen LogP contribution in [-0.4, -0.2) is 22.4 Å². The normalized spacial score (nSPS) is 10.9. The molecule has 2 aromatic heterocycles. The molecule has 0 amide bonds. The topological polar surface area (TPSA) is 61.2 Å². The Morgan fingerprint density at radius 1 is 1.03 bits per heavy atom. The molecule has 4 aromatic rings. The summed E-state index contributed by atoms with van der Waals surface area (Å²) in [4.78, 5) is 30.9. The van der Waals surface area contributed by atoms with Gasteiger partial charge in [-0.15, -0.1) is 0 Å². The van der Waals surface area contributed by atoms with E-state index >= 15 is 0 Å². The average molecular weight is 398 g/mol. The quantitative estimate of drug-likeness (QED) is 0.470. The molecule has 0 fully saturated rings. The number of ether oxygens (including phenoxy) is 1. The van der Waals surface area contributed by atoms with E-state index in [1.54, 1.807) is 49.7 Å². The maximum Gasteiger partial charge on any atom is 0.202 e. The Morgan fingerprint density at radius 2 is 1.80 bits per heavy atom. The predicted octanol–water partition coefficient (Wildman–Crippen LogP) is 4.30. The van der Waals surface area contributed by atoms with E-state index in [2.05, 4.69) is 11.1 Å². The molecule has 30 heavy (non-hydrogen) atoms. The first kappa shape index (κ1) is 19.6. The highest BCUT2D eigenvalue weighted by atomic mass is 16.5. The second-order valence-electron chi connectivity index (χ2n) is 7.37. The third-order valence-corrected chi connectivity index (χ3v) is 5.09. The lowest BCUT2D eigenvalue weighted by Gasteiger charge is -2.14. The summed E-state index contributed by atoms with van der Waals surface area (Å²) in [6.45, 7) is 4.43. The van der Waals surface area contributed by atoms with E-state index in [-0.39, 0.29) is 16.8 Å². The van der Waals surface area contributed by atoms with E-state index in [1.807, 2.05) is 36.6 Å². The summed E-state index contributed by atoms with van der Waals surface area (Å²) < 4.78 is 7.04. The highest BCUT2D eigenvalue weighted by Crippen LogP contribution is 2.18. The molecule has 5 heteroatoms. The van der Waals surface area contributed by atoms with Gasteiger partial charge in [0.05, 0.1) is 18.1 Å². The van der Waals surface area contributed by atoms with Gasteiger partial charge < -0.3 is 9.30 Å². The van der Waals surface area contributed by atoms with Gasteiger partial charge in [0, 0.05) is 24.0 Å². The van der Waals surface area contributed by atoms with Crippen molar-refractivity contribution >= 4 is 16.8 Å². The zero-order valence-electron chi connectivity index (χ0n) is 17.2. The Morgan fingerprint density at radius 3 is 2.50 bits per heavy atom. The van der Waals surface area contributed by atoms with E-state index < -0.39 is 0 Å². The number of rotatable bonds is 5. The van der Waals surface area contributed by atoms with Gasteiger partial charge in [-0.3, -0.25) is 9.59 Å². The fourth-order valence-electron chi connectivity index (χ4n) is 3.55. The van der Waals surface area contributed by atoms with E-state index in [1.165, 1.54) is 0 Å². The maximum atomic E-state index is 13.2. The molecule has 5 nitrogen and oxygen atoms in total. The molecule has 0 N–H and O–H groups in total. The molecule has 2 aromatic carbocycles. The van der Waals surface area contributed by atoms with E-state index in [4.69, 9.17) is 4.74 Å². The van der Waals surface area contributed by atoms with E-state index in [0.717, 1.165) is 16.8 Å². The monoisotopic (exact) mass is 398 g/mol. The molecule has 2 heterocycles. The van der Waals surface area contributed by atoms with Gasteiger partial charge in [-0.05, 0) is 55.8 Å². The number of aryl methyl sites for hydroxylation is 2. The molecule has 150 valence electrons. The van der Waals surface area contributed by atoms with Gasteiger partial charge in [0.15, 0.2) is 5.78 Å². The Kier molecular flexibility index (Phi) is 5.19. The Balaban J connectivity index is 1.87. The summed E-state index contributed by atoms with van der Waals surface area (Å²) in [5.41, 5.74) is 3.88. The van der Waals surface area contributed by atoms with E-state index in [9.17, 15) is 9.59 Å². The Bertz CT molecular complexity index is 1300. The van der Waals surface area contributed by atoms with Gasteiger partial charge in [-0.1, -0.05) is 29.8 Å². The van der Waals surface area contributed by atoms with Gasteiger partial charge in [-0.2, -0.15) is 0 Å². The first-order chi connectivity index (χ1) is 14.5. The van der Waals surface area contributed by atoms with Crippen LogP contribution >= 0.6 is 0 Å². The summed E-state index contributed by atoms with van der Waals surface area (Å²) in [5, 5.41) is 0.438. The molecule has 0 aliphatic rings. The maximum absolute atomic E-state index is 13.2. The number of hydrogen-bond donors (Lipinski definition) is 0. The lowest BCUT2D eigenvalue weighted by Crippen LogP contribution is -2.21. The van der Waals surface area contributed by atoms with Crippen molar-refractivity contribution in [2.75, 3.05) is 7.11 Å². The van der Waals surface area contributed by atoms with Crippen molar-refractivity contribution in [2.45, 2.75) is 20.4 Å². The van der Waals surface area contributed by atoms with Gasteiger partial charge in [0.25, 0.3) is 0 Å². The standard InChI is InChI=1S/C25H22N2O3/c1-16-5-4-6-18(13-16)14-27-15-22(23(28)19-8-10-20(30-3)11-9-19)24(29)21-12-7-17(2)26-25(21)27/h4-13,15H,14H2,1-3H3. The zero-order valence-corrected chi connectivity index (χ0v) is 17.2. The lowest BCUT2D eigenvalue weighted by atomic mass is 10.0. The smallest absolute Gasteiger partial charge is 0.202 e. The van der Waals surface area contributed by atoms with Gasteiger partial charge in [-0.25, -0.2) is 4.98 Å². The van der Waals surface area contributed by atoms with Crippen molar-refractivity contribution in [2.24, 2.45) is 0 Å². The van der Waals surface area contributed by atoms with Crippen LogP contribution in [0.2, 0.25) is 0 Å². The molecule has 0 atom stereocenters. The highest BCUT2D eigenvalue weighted by Gasteiger charge is 2.18. The predicted molar refractivity (Wildman–Crippen MR) is 117 cm³/mol. The van der Waals surface area contributed by atoms with Crippen LogP contribution in [0.4, 0.5) is 0 Å². The first-order valence-electron chi connectivity index (χ1n) is 9.71. The van der Waals surface area contributed by atoms with Crippen molar-refractivity contribution in [3.05, 3.63) is 105 Å². The molecule has 0 unspecified atom stereocenters. The highest BCUT2D eigenvalue weighted by molar-refractivity contribution is 6.10. The third-order valence-electron chi connectivity index (χ3n) is 5.09. The second-order valence-corrected chi connectivity index (χ2v) is 7.37. The van der Waals surface area contributed by atoms with Crippen LogP contribution in [0.3, 0.4) is 0 Å². The summed E-state index contributed by atoms with van der Waals surface area (Å²) in [6.07, 6.45) is 1.63. The SMILES string of the molecule is COc1ccc(C(=O)c2cn(Cc3cccc(C)c3)c3nc(C)ccc3c2=O)cc1. The minimum absolute atomic E-state index is 0.131. The van der Waals surface area contributed by atoms with Crippen LogP contribution in [0, 0.1) is 13.8 Å². The number of fused-ring (bicyclic) bond motifs is 1. The lowest BCUT2D eigenvalue weighted by molar-refractivity contribution is 0.103. The number of carbonyl (C=O) groups excluding carboxylic acids is 1. The summed E-state index contributed by atoms with van der Waals surface area (Å²) in [5.74, 6) is 0.338. The molecule has 0 spiro atoms. The van der Waals surface area contributed by atoms with Crippen LogP contribution in [0.25, 0.3) is 11.0 Å². The Labute approximate surface area is 174 Å². The van der Waals surface area contributed by atoms with Crippen molar-refractivity contribution in [3.63, 3.8) is 0 Å². The Hall–Kier alpha value is -3.73. The largest absolute Gasteiger partial charge is 0.497 e. The van der Waals surface area contributed by atoms with Crippen LogP contribution in [-0.2, 0) is 6.54 Å². The van der Waals surface area contributed by atoms with Crippen molar-refractivity contribution in [1.82, 2.24) is 9.55 Å². The number of ketones is 1. The molecule has 0 saturated carbocycles. The second kappa shape index (κ2) is 7.95. The summed E-state index contributed by atoms with van der Waals surface area (Å²) in [6, 6.07) is 18.5. The molecule has 4 rings (SSSR count). The molecule has 0 bridgehead atoms. The summed E-state index contributed by atoms with van der Waals surface area (Å²) in [7, 11) is 1.57. The fraction of sp³-hybridized carbons (Fsp3) is 0.160. The number of pyridine rings is 2. The number of carbonyl (C=O) groups is 1. The third kappa shape index (κ3) is 3.74. The minimum atomic E-state index is -0.317. The first-order valence-corrected chi connectivity index (χ1v) is 9.71. The molecular formula is C25H22N2O3. The number of nitrogens with zero attached hydrogens (tertiary/aromatic N) is 2. The number of aromatic nitrogens is 2. The fourth-order valence-corrected chi connectivity index (χ4v) is 3.55. The molecule has 0 saturated heterocycles. The van der Waals surface area contributed by atoms with Crippen LogP contribution in [0.15, 0.2) is 71.7 Å². The van der Waals surface area contributed by atoms with Crippen molar-refractivity contribution in [3.8, 4) is 5.75 Å². The van der Waals surface area contributed by atoms with Gasteiger partial charge in [0.1, 0.15) is 11.4 Å². The molecule has 0 radical (unpaired) electrons. The van der Waals surface area contributed by atoms with Crippen LogP contribution in [0.5, 0.6) is 5.75 Å². The van der Waals surface area contributed by atoms with Crippen molar-refractivity contribution < 1.29 is 9.53 Å². The van der Waals surface area contributed by atoms with Gasteiger partial charge in [0.2, 0.25) is 5.43 Å². The van der Waals surface area contributed by atoms with Gasteiger partial charge >= 0.3 is 0 Å². The number of benzene rings is 2. The molecular weight excluding hydrogens is 376 g/mol. The van der Waals surface area contributed by atoms with Crippen LogP contribution in [0.1, 0.15) is 32.7 Å². The van der Waals surface area contributed by atoms with Crippen LogP contribution < -0.4 is 10.2 Å². The average Bonchev–Trinajstić information content (AvgIpc) is 2.75. The van der Waals surface area contributed by atoms with E-state index in [0.29, 0.717) is 28.9 Å². The molecule has 0 aliphatic carbocycles. The number of hydrogen-bond acceptors (Lipinski definition) is 4. The minimum Gasteiger partial charge on any atom is -0.497 e. The molecule has 0 aliphatic heterocycles. The number of methoxy groups -OCH3 is 1. The van der Waals surface area contributed by atoms with Crippen molar-refractivity contribution in [1.29, 1.82) is 0 Å². The zero-order chi connectivity index (χ0) is 21.3.